The molecule has 5 heteroatoms. The van der Waals surface area contributed by atoms with Gasteiger partial charge in [0.15, 0.2) is 0 Å². The molecule has 0 aromatic heterocycles. The third-order valence-corrected chi connectivity index (χ3v) is 3.28. The zero-order chi connectivity index (χ0) is 17.2. The van der Waals surface area contributed by atoms with E-state index in [1.807, 2.05) is 30.3 Å². The van der Waals surface area contributed by atoms with Gasteiger partial charge in [0.2, 0.25) is 0 Å². The van der Waals surface area contributed by atoms with Crippen LogP contribution in [0, 0.1) is 12.3 Å². The summed E-state index contributed by atoms with van der Waals surface area (Å²) < 4.78 is 5.34. The Morgan fingerprint density at radius 3 is 2.71 bits per heavy atom. The highest BCUT2D eigenvalue weighted by molar-refractivity contribution is 5.89. The molecule has 0 fully saturated rings. The van der Waals surface area contributed by atoms with E-state index >= 15 is 0 Å². The van der Waals surface area contributed by atoms with Gasteiger partial charge in [-0.05, 0) is 17.7 Å². The quantitative estimate of drug-likeness (QED) is 0.770. The number of ether oxygens (including phenoxy) is 1. The monoisotopic (exact) mass is 324 g/mol. The van der Waals surface area contributed by atoms with Gasteiger partial charge in [0, 0.05) is 24.8 Å². The van der Waals surface area contributed by atoms with Gasteiger partial charge in [-0.2, -0.15) is 0 Å². The summed E-state index contributed by atoms with van der Waals surface area (Å²) in [6.07, 6.45) is 5.17. The molecule has 2 aromatic rings. The maximum Gasteiger partial charge on any atom is 0.322 e. The molecule has 0 unspecified atom stereocenters. The van der Waals surface area contributed by atoms with Crippen LogP contribution in [0.15, 0.2) is 54.6 Å². The van der Waals surface area contributed by atoms with Crippen LogP contribution in [0.25, 0.3) is 0 Å². The predicted octanol–water partition coefficient (Wildman–Crippen LogP) is 2.73. The van der Waals surface area contributed by atoms with Crippen LogP contribution in [0.4, 0.5) is 10.5 Å². The highest BCUT2D eigenvalue weighted by Crippen LogP contribution is 2.18. The summed E-state index contributed by atoms with van der Waals surface area (Å²) in [7, 11) is 0. The van der Waals surface area contributed by atoms with Gasteiger partial charge in [0.25, 0.3) is 0 Å². The van der Waals surface area contributed by atoms with E-state index in [-0.39, 0.29) is 25.8 Å². The molecule has 0 aliphatic heterocycles. The summed E-state index contributed by atoms with van der Waals surface area (Å²) in [6.45, 7) is 0.724. The van der Waals surface area contributed by atoms with Crippen LogP contribution in [0.5, 0.6) is 5.75 Å². The van der Waals surface area contributed by atoms with E-state index in [1.54, 1.807) is 29.2 Å². The van der Waals surface area contributed by atoms with E-state index in [9.17, 15) is 9.90 Å². The fourth-order valence-corrected chi connectivity index (χ4v) is 2.17. The number of rotatable bonds is 7. The number of hydrogen-bond donors (Lipinski definition) is 2. The van der Waals surface area contributed by atoms with Crippen molar-refractivity contribution in [3.8, 4) is 18.1 Å². The second-order valence-corrected chi connectivity index (χ2v) is 5.08. The Hall–Kier alpha value is -2.97. The summed E-state index contributed by atoms with van der Waals surface area (Å²) in [5.41, 5.74) is 1.60. The fraction of sp³-hybridized carbons (Fsp3) is 0.211. The molecule has 0 bridgehead atoms. The van der Waals surface area contributed by atoms with Gasteiger partial charge in [0.05, 0.1) is 6.61 Å². The van der Waals surface area contributed by atoms with Crippen LogP contribution >= 0.6 is 0 Å². The Morgan fingerprint density at radius 1 is 1.21 bits per heavy atom. The number of hydrogen-bond acceptors (Lipinski definition) is 3. The van der Waals surface area contributed by atoms with Crippen molar-refractivity contribution in [2.45, 2.75) is 6.54 Å². The van der Waals surface area contributed by atoms with Crippen LogP contribution in [-0.2, 0) is 6.54 Å². The molecule has 2 amide bonds. The molecule has 0 saturated heterocycles. The number of terminal acetylenes is 1. The first kappa shape index (κ1) is 17.4. The van der Waals surface area contributed by atoms with Gasteiger partial charge >= 0.3 is 6.03 Å². The van der Waals surface area contributed by atoms with Crippen molar-refractivity contribution in [1.29, 1.82) is 0 Å². The summed E-state index contributed by atoms with van der Waals surface area (Å²) in [5, 5.41) is 12.0. The Morgan fingerprint density at radius 2 is 2.00 bits per heavy atom. The molecule has 5 nitrogen and oxygen atoms in total. The van der Waals surface area contributed by atoms with Crippen LogP contribution in [-0.4, -0.2) is 35.8 Å². The molecule has 0 saturated carbocycles. The first-order chi connectivity index (χ1) is 11.7. The fourth-order valence-electron chi connectivity index (χ4n) is 2.17. The lowest BCUT2D eigenvalue weighted by Gasteiger charge is -2.22. The van der Waals surface area contributed by atoms with E-state index in [2.05, 4.69) is 11.2 Å². The molecule has 0 heterocycles. The van der Waals surface area contributed by atoms with Crippen molar-refractivity contribution >= 4 is 11.7 Å². The Balaban J connectivity index is 2.03. The third kappa shape index (κ3) is 5.34. The summed E-state index contributed by atoms with van der Waals surface area (Å²) in [4.78, 5) is 14.0. The molecule has 0 aliphatic carbocycles. The van der Waals surface area contributed by atoms with Crippen molar-refractivity contribution in [2.75, 3.05) is 25.1 Å². The van der Waals surface area contributed by atoms with Crippen LogP contribution in [0.2, 0.25) is 0 Å². The zero-order valence-corrected chi connectivity index (χ0v) is 13.3. The molecule has 0 atom stereocenters. The second-order valence-electron chi connectivity index (χ2n) is 5.08. The average Bonchev–Trinajstić information content (AvgIpc) is 2.61. The normalized spacial score (nSPS) is 9.83. The predicted molar refractivity (Wildman–Crippen MR) is 93.7 cm³/mol. The average molecular weight is 324 g/mol. The number of carbonyl (C=O) groups is 1. The molecule has 2 rings (SSSR count). The number of nitrogens with zero attached hydrogens (tertiary/aromatic N) is 1. The number of benzene rings is 2. The van der Waals surface area contributed by atoms with E-state index < -0.39 is 0 Å². The van der Waals surface area contributed by atoms with Crippen molar-refractivity contribution in [3.05, 3.63) is 60.2 Å². The second kappa shape index (κ2) is 9.23. The number of anilines is 1. The first-order valence-electron chi connectivity index (χ1n) is 7.60. The summed E-state index contributed by atoms with van der Waals surface area (Å²) in [6, 6.07) is 16.3. The van der Waals surface area contributed by atoms with E-state index in [0.717, 1.165) is 5.56 Å². The maximum atomic E-state index is 12.5. The van der Waals surface area contributed by atoms with Crippen LogP contribution in [0.3, 0.4) is 0 Å². The maximum absolute atomic E-state index is 12.5. The lowest BCUT2D eigenvalue weighted by Crippen LogP contribution is -2.36. The van der Waals surface area contributed by atoms with Crippen molar-refractivity contribution in [2.24, 2.45) is 0 Å². The van der Waals surface area contributed by atoms with Gasteiger partial charge in [-0.25, -0.2) is 4.79 Å². The van der Waals surface area contributed by atoms with Crippen molar-refractivity contribution in [3.63, 3.8) is 0 Å². The number of urea groups is 1. The third-order valence-electron chi connectivity index (χ3n) is 3.28. The molecular weight excluding hydrogens is 304 g/mol. The molecule has 2 aromatic carbocycles. The van der Waals surface area contributed by atoms with E-state index in [0.29, 0.717) is 18.0 Å². The number of amides is 2. The van der Waals surface area contributed by atoms with Gasteiger partial charge in [-0.15, -0.1) is 6.42 Å². The minimum atomic E-state index is -0.290. The zero-order valence-electron chi connectivity index (χ0n) is 13.3. The number of nitrogens with one attached hydrogen (secondary N) is 1. The number of aliphatic hydroxyl groups excluding tert-OH is 1. The summed E-state index contributed by atoms with van der Waals surface area (Å²) >= 11 is 0. The topological polar surface area (TPSA) is 61.8 Å². The Kier molecular flexibility index (Phi) is 6.69. The Labute approximate surface area is 141 Å². The van der Waals surface area contributed by atoms with Crippen molar-refractivity contribution < 1.29 is 14.6 Å². The summed E-state index contributed by atoms with van der Waals surface area (Å²) in [5.74, 6) is 2.98. The first-order valence-corrected chi connectivity index (χ1v) is 7.60. The largest absolute Gasteiger partial charge is 0.481 e. The SMILES string of the molecule is C#CCOc1cccc(NC(=O)N(CCO)Cc2ccccc2)c1. The Bertz CT molecular complexity index is 695. The molecule has 0 radical (unpaired) electrons. The highest BCUT2D eigenvalue weighted by Gasteiger charge is 2.14. The molecule has 0 aliphatic rings. The smallest absolute Gasteiger partial charge is 0.322 e. The minimum absolute atomic E-state index is 0.106. The van der Waals surface area contributed by atoms with Crippen molar-refractivity contribution in [1.82, 2.24) is 4.90 Å². The molecular formula is C19H20N2O3. The van der Waals surface area contributed by atoms with Gasteiger partial charge in [0.1, 0.15) is 12.4 Å². The van der Waals surface area contributed by atoms with Crippen LogP contribution < -0.4 is 10.1 Å². The molecule has 2 N–H and O–H groups in total. The lowest BCUT2D eigenvalue weighted by molar-refractivity contribution is 0.185. The van der Waals surface area contributed by atoms with Gasteiger partial charge < -0.3 is 20.1 Å². The van der Waals surface area contributed by atoms with Crippen LogP contribution in [0.1, 0.15) is 5.56 Å². The number of carbonyl (C=O) groups excluding carboxylic acids is 1. The standard InChI is InChI=1S/C19H20N2O3/c1-2-13-24-18-10-6-9-17(14-18)20-19(23)21(11-12-22)15-16-7-4-3-5-8-16/h1,3-10,14,22H,11-13,15H2,(H,20,23). The number of aliphatic hydroxyl groups is 1. The highest BCUT2D eigenvalue weighted by atomic mass is 16.5. The lowest BCUT2D eigenvalue weighted by atomic mass is 10.2. The van der Waals surface area contributed by atoms with E-state index in [4.69, 9.17) is 11.2 Å². The molecule has 24 heavy (non-hydrogen) atoms. The molecule has 124 valence electrons. The molecule has 0 spiro atoms. The van der Waals surface area contributed by atoms with E-state index in [1.165, 1.54) is 0 Å². The van der Waals surface area contributed by atoms with Gasteiger partial charge in [-0.1, -0.05) is 42.3 Å². The van der Waals surface area contributed by atoms with Gasteiger partial charge in [-0.3, -0.25) is 0 Å². The minimum Gasteiger partial charge on any atom is -0.481 e.